The van der Waals surface area contributed by atoms with Crippen LogP contribution in [0.3, 0.4) is 0 Å². The molecule has 9 heteroatoms. The summed E-state index contributed by atoms with van der Waals surface area (Å²) in [6.07, 6.45) is 3.10. The van der Waals surface area contributed by atoms with Gasteiger partial charge in [0, 0.05) is 5.92 Å². The van der Waals surface area contributed by atoms with Crippen LogP contribution in [0.15, 0.2) is 65.3 Å². The zero-order valence-electron chi connectivity index (χ0n) is 23.6. The first-order chi connectivity index (χ1) is 19.6. The molecule has 2 N–H and O–H groups in total. The van der Waals surface area contributed by atoms with E-state index >= 15 is 0 Å². The van der Waals surface area contributed by atoms with Gasteiger partial charge in [-0.25, -0.2) is 14.4 Å². The van der Waals surface area contributed by atoms with Crippen molar-refractivity contribution in [3.05, 3.63) is 83.3 Å². The first-order valence-electron chi connectivity index (χ1n) is 14.0. The van der Waals surface area contributed by atoms with E-state index in [1.165, 1.54) is 17.2 Å². The van der Waals surface area contributed by atoms with E-state index in [-0.39, 0.29) is 30.4 Å². The molecular formula is C32H36N2O7. The first-order valence-corrected chi connectivity index (χ1v) is 14.0. The van der Waals surface area contributed by atoms with Crippen LogP contribution in [-0.2, 0) is 16.0 Å². The van der Waals surface area contributed by atoms with E-state index in [1.54, 1.807) is 20.8 Å². The molecule has 0 radical (unpaired) electrons. The van der Waals surface area contributed by atoms with Gasteiger partial charge in [0.2, 0.25) is 0 Å². The SMILES string of the molecule is CC(C)(C)OC(=O)N[C@H]1CCCC[C@@H]1N(Cc1occc1C(=O)O)C(=O)OCC1c2ccccc2-c2ccccc21. The average molecular weight is 561 g/mol. The van der Waals surface area contributed by atoms with E-state index in [0.29, 0.717) is 12.8 Å². The van der Waals surface area contributed by atoms with Gasteiger partial charge in [0.1, 0.15) is 23.5 Å². The summed E-state index contributed by atoms with van der Waals surface area (Å²) in [5.41, 5.74) is 3.73. The molecule has 1 fully saturated rings. The number of aromatic carboxylic acids is 1. The molecule has 1 saturated carbocycles. The van der Waals surface area contributed by atoms with Gasteiger partial charge in [-0.15, -0.1) is 0 Å². The second-order valence-electron chi connectivity index (χ2n) is 11.6. The molecule has 3 aromatic rings. The predicted molar refractivity (Wildman–Crippen MR) is 152 cm³/mol. The molecular weight excluding hydrogens is 524 g/mol. The number of benzene rings is 2. The highest BCUT2D eigenvalue weighted by Gasteiger charge is 2.38. The summed E-state index contributed by atoms with van der Waals surface area (Å²) in [5.74, 6) is -1.13. The second kappa shape index (κ2) is 11.7. The maximum absolute atomic E-state index is 13.9. The number of nitrogens with zero attached hydrogens (tertiary/aromatic N) is 1. The molecule has 2 aromatic carbocycles. The molecule has 41 heavy (non-hydrogen) atoms. The Labute approximate surface area is 239 Å². The number of hydrogen-bond donors (Lipinski definition) is 2. The molecule has 0 aliphatic heterocycles. The number of furan rings is 1. The quantitative estimate of drug-likeness (QED) is 0.336. The van der Waals surface area contributed by atoms with Crippen LogP contribution in [0.2, 0.25) is 0 Å². The lowest BCUT2D eigenvalue weighted by Crippen LogP contribution is -2.55. The number of carbonyl (C=O) groups is 3. The van der Waals surface area contributed by atoms with Crippen LogP contribution in [0.4, 0.5) is 9.59 Å². The number of alkyl carbamates (subject to hydrolysis) is 1. The smallest absolute Gasteiger partial charge is 0.410 e. The molecule has 2 atom stereocenters. The summed E-state index contributed by atoms with van der Waals surface area (Å²) in [5, 5.41) is 12.6. The Hall–Kier alpha value is -4.27. The fourth-order valence-corrected chi connectivity index (χ4v) is 5.91. The van der Waals surface area contributed by atoms with Gasteiger partial charge in [0.15, 0.2) is 0 Å². The number of fused-ring (bicyclic) bond motifs is 3. The zero-order valence-corrected chi connectivity index (χ0v) is 23.6. The van der Waals surface area contributed by atoms with E-state index in [4.69, 9.17) is 13.9 Å². The van der Waals surface area contributed by atoms with Gasteiger partial charge in [0.25, 0.3) is 0 Å². The van der Waals surface area contributed by atoms with Crippen molar-refractivity contribution in [2.75, 3.05) is 6.61 Å². The topological polar surface area (TPSA) is 118 Å². The summed E-state index contributed by atoms with van der Waals surface area (Å²) in [7, 11) is 0. The second-order valence-corrected chi connectivity index (χ2v) is 11.6. The Morgan fingerprint density at radius 2 is 1.61 bits per heavy atom. The summed E-state index contributed by atoms with van der Waals surface area (Å²) in [6, 6.07) is 16.7. The van der Waals surface area contributed by atoms with Crippen molar-refractivity contribution >= 4 is 18.2 Å². The van der Waals surface area contributed by atoms with Crippen LogP contribution in [0.1, 0.15) is 79.6 Å². The summed E-state index contributed by atoms with van der Waals surface area (Å²) in [4.78, 5) is 39.9. The van der Waals surface area contributed by atoms with E-state index in [2.05, 4.69) is 29.6 Å². The molecule has 0 saturated heterocycles. The molecule has 1 heterocycles. The number of ether oxygens (including phenoxy) is 2. The van der Waals surface area contributed by atoms with Crippen LogP contribution in [-0.4, -0.2) is 52.5 Å². The Morgan fingerprint density at radius 1 is 0.976 bits per heavy atom. The fourth-order valence-electron chi connectivity index (χ4n) is 5.91. The molecule has 0 spiro atoms. The summed E-state index contributed by atoms with van der Waals surface area (Å²) in [6.45, 7) is 5.38. The van der Waals surface area contributed by atoms with Gasteiger partial charge >= 0.3 is 18.2 Å². The number of amides is 2. The number of hydrogen-bond acceptors (Lipinski definition) is 6. The van der Waals surface area contributed by atoms with E-state index in [9.17, 15) is 19.5 Å². The number of carboxylic acids is 1. The Balaban J connectivity index is 1.40. The van der Waals surface area contributed by atoms with Crippen LogP contribution < -0.4 is 5.32 Å². The van der Waals surface area contributed by atoms with Crippen molar-refractivity contribution in [3.8, 4) is 11.1 Å². The maximum Gasteiger partial charge on any atom is 0.410 e. The summed E-state index contributed by atoms with van der Waals surface area (Å²) >= 11 is 0. The molecule has 1 aromatic heterocycles. The van der Waals surface area contributed by atoms with Gasteiger partial charge in [-0.2, -0.15) is 0 Å². The molecule has 0 bridgehead atoms. The van der Waals surface area contributed by atoms with Crippen molar-refractivity contribution in [3.63, 3.8) is 0 Å². The van der Waals surface area contributed by atoms with Crippen molar-refractivity contribution in [1.29, 1.82) is 0 Å². The van der Waals surface area contributed by atoms with E-state index < -0.39 is 35.8 Å². The van der Waals surface area contributed by atoms with Crippen molar-refractivity contribution in [1.82, 2.24) is 10.2 Å². The fraction of sp³-hybridized carbons (Fsp3) is 0.406. The highest BCUT2D eigenvalue weighted by molar-refractivity contribution is 5.88. The first kappa shape index (κ1) is 28.3. The monoisotopic (exact) mass is 560 g/mol. The van der Waals surface area contributed by atoms with Gasteiger partial charge in [-0.05, 0) is 61.9 Å². The minimum Gasteiger partial charge on any atom is -0.478 e. The molecule has 9 nitrogen and oxygen atoms in total. The van der Waals surface area contributed by atoms with Gasteiger partial charge in [-0.1, -0.05) is 61.4 Å². The minimum absolute atomic E-state index is 0.0195. The predicted octanol–water partition coefficient (Wildman–Crippen LogP) is 6.56. The van der Waals surface area contributed by atoms with Crippen LogP contribution in [0.25, 0.3) is 11.1 Å². The highest BCUT2D eigenvalue weighted by Crippen LogP contribution is 2.44. The van der Waals surface area contributed by atoms with Crippen molar-refractivity contribution < 1.29 is 33.4 Å². The standard InChI is InChI=1S/C32H36N2O7/c1-32(2,3)41-30(37)33-26-14-8-9-15-27(26)34(18-28-24(29(35)36)16-17-39-28)31(38)40-19-25-22-12-6-4-10-20(22)21-11-5-7-13-23(21)25/h4-7,10-13,16-17,25-27H,8-9,14-15,18-19H2,1-3H3,(H,33,37)(H,35,36)/t26-,27-/m0/s1. The number of carboxylic acid groups (broad SMARTS) is 1. The normalized spacial score (nSPS) is 18.2. The minimum atomic E-state index is -1.15. The zero-order chi connectivity index (χ0) is 29.1. The molecule has 2 aliphatic rings. The van der Waals surface area contributed by atoms with Gasteiger partial charge < -0.3 is 24.3 Å². The lowest BCUT2D eigenvalue weighted by Gasteiger charge is -2.39. The molecule has 2 aliphatic carbocycles. The number of rotatable bonds is 7. The van der Waals surface area contributed by atoms with Gasteiger partial charge in [0.05, 0.1) is 24.9 Å². The maximum atomic E-state index is 13.9. The molecule has 2 amide bonds. The Kier molecular flexibility index (Phi) is 8.06. The van der Waals surface area contributed by atoms with E-state index in [0.717, 1.165) is 35.1 Å². The Bertz CT molecular complexity index is 1380. The molecule has 216 valence electrons. The summed E-state index contributed by atoms with van der Waals surface area (Å²) < 4.78 is 17.0. The highest BCUT2D eigenvalue weighted by atomic mass is 16.6. The molecule has 5 rings (SSSR count). The third kappa shape index (κ3) is 6.24. The third-order valence-electron chi connectivity index (χ3n) is 7.69. The number of nitrogens with one attached hydrogen (secondary N) is 1. The van der Waals surface area contributed by atoms with Gasteiger partial charge in [-0.3, -0.25) is 4.90 Å². The average Bonchev–Trinajstić information content (AvgIpc) is 3.52. The number of carbonyl (C=O) groups excluding carboxylic acids is 2. The Morgan fingerprint density at radius 3 is 2.24 bits per heavy atom. The lowest BCUT2D eigenvalue weighted by molar-refractivity contribution is 0.0355. The lowest BCUT2D eigenvalue weighted by atomic mass is 9.89. The van der Waals surface area contributed by atoms with Crippen LogP contribution in [0.5, 0.6) is 0 Å². The van der Waals surface area contributed by atoms with Crippen molar-refractivity contribution in [2.24, 2.45) is 0 Å². The molecule has 0 unspecified atom stereocenters. The van der Waals surface area contributed by atoms with E-state index in [1.807, 2.05) is 24.3 Å². The third-order valence-corrected chi connectivity index (χ3v) is 7.69. The van der Waals surface area contributed by atoms with Crippen LogP contribution in [0, 0.1) is 0 Å². The van der Waals surface area contributed by atoms with Crippen LogP contribution >= 0.6 is 0 Å². The largest absolute Gasteiger partial charge is 0.478 e. The van der Waals surface area contributed by atoms with Crippen molar-refractivity contribution in [2.45, 2.75) is 76.6 Å².